The number of tetrazole rings is 1. The summed E-state index contributed by atoms with van der Waals surface area (Å²) in [5, 5.41) is 12.2. The molecule has 0 radical (unpaired) electrons. The van der Waals surface area contributed by atoms with Crippen LogP contribution >= 0.6 is 0 Å². The third-order valence-corrected chi connectivity index (χ3v) is 0.270. The molecule has 0 atom stereocenters. The van der Waals surface area contributed by atoms with E-state index >= 15 is 0 Å². The second-order valence-corrected chi connectivity index (χ2v) is 0.560. The van der Waals surface area contributed by atoms with Crippen LogP contribution in [0.2, 0.25) is 0 Å². The molecule has 1 heterocycles. The molecular weight excluding hydrogens is 108 g/mol. The van der Waals surface area contributed by atoms with Crippen LogP contribution in [0, 0.1) is 0 Å². The molecular formula is CH4CaN4. The summed E-state index contributed by atoms with van der Waals surface area (Å²) in [7, 11) is 0. The van der Waals surface area contributed by atoms with Crippen molar-refractivity contribution in [3.8, 4) is 0 Å². The third kappa shape index (κ3) is 1.69. The smallest absolute Gasteiger partial charge is 1.00 e. The minimum Gasteiger partial charge on any atom is -1.00 e. The topological polar surface area (TPSA) is 54.5 Å². The molecule has 0 saturated heterocycles. The van der Waals surface area contributed by atoms with Crippen LogP contribution in [0.3, 0.4) is 0 Å². The monoisotopic (exact) mass is 112 g/mol. The van der Waals surface area contributed by atoms with E-state index in [9.17, 15) is 0 Å². The zero-order chi connectivity index (χ0) is 3.54. The Kier molecular flexibility index (Phi) is 3.71. The Morgan fingerprint density at radius 2 is 2.50 bits per heavy atom. The van der Waals surface area contributed by atoms with Crippen molar-refractivity contribution in [2.75, 3.05) is 0 Å². The molecule has 1 rings (SSSR count). The second-order valence-electron chi connectivity index (χ2n) is 0.560. The van der Waals surface area contributed by atoms with Crippen molar-refractivity contribution in [1.82, 2.24) is 20.6 Å². The zero-order valence-electron chi connectivity index (χ0n) is 5.13. The van der Waals surface area contributed by atoms with Gasteiger partial charge in [-0.2, -0.15) is 5.21 Å². The number of H-pyrrole nitrogens is 1. The molecule has 1 N–H and O–H groups in total. The Morgan fingerprint density at radius 3 is 2.67 bits per heavy atom. The van der Waals surface area contributed by atoms with Crippen LogP contribution in [0.4, 0.5) is 0 Å². The first-order valence-electron chi connectivity index (χ1n) is 1.16. The first-order valence-corrected chi connectivity index (χ1v) is 1.16. The minimum absolute atomic E-state index is 0. The summed E-state index contributed by atoms with van der Waals surface area (Å²) in [4.78, 5) is 0. The molecule has 0 aromatic carbocycles. The van der Waals surface area contributed by atoms with E-state index in [1.807, 2.05) is 0 Å². The minimum atomic E-state index is 0. The SMILES string of the molecule is [Ca+2].[H-].[H-].c1nn[nH]n1. The molecule has 6 heavy (non-hydrogen) atoms. The van der Waals surface area contributed by atoms with E-state index < -0.39 is 0 Å². The molecule has 0 saturated carbocycles. The quantitative estimate of drug-likeness (QED) is 0.440. The van der Waals surface area contributed by atoms with Crippen LogP contribution in [0.15, 0.2) is 6.33 Å². The van der Waals surface area contributed by atoms with Gasteiger partial charge in [0.2, 0.25) is 0 Å². The molecule has 0 amide bonds. The molecule has 0 aliphatic heterocycles. The van der Waals surface area contributed by atoms with Gasteiger partial charge in [0.25, 0.3) is 0 Å². The number of hydrogen-bond acceptors (Lipinski definition) is 3. The average Bonchev–Trinajstić information content (AvgIpc) is 1.76. The molecule has 0 unspecified atom stereocenters. The van der Waals surface area contributed by atoms with Crippen LogP contribution < -0.4 is 0 Å². The van der Waals surface area contributed by atoms with E-state index in [0.717, 1.165) is 0 Å². The number of nitrogens with zero attached hydrogens (tertiary/aromatic N) is 3. The number of rotatable bonds is 0. The molecule has 4 nitrogen and oxygen atoms in total. The van der Waals surface area contributed by atoms with Gasteiger partial charge in [0, 0.05) is 0 Å². The normalized spacial score (nSPS) is 6.67. The molecule has 1 aromatic heterocycles. The number of aromatic amines is 1. The van der Waals surface area contributed by atoms with Gasteiger partial charge in [-0.3, -0.25) is 0 Å². The maximum absolute atomic E-state index is 3.38. The van der Waals surface area contributed by atoms with Gasteiger partial charge in [-0.25, -0.2) is 0 Å². The van der Waals surface area contributed by atoms with E-state index in [4.69, 9.17) is 0 Å². The van der Waals surface area contributed by atoms with E-state index in [1.54, 1.807) is 0 Å². The Bertz CT molecular complexity index is 70.5. The van der Waals surface area contributed by atoms with Gasteiger partial charge in [0.05, 0.1) is 0 Å². The Balaban J connectivity index is -0.0000000833. The predicted octanol–water partition coefficient (Wildman–Crippen LogP) is -0.956. The molecule has 0 spiro atoms. The van der Waals surface area contributed by atoms with Crippen molar-refractivity contribution in [2.24, 2.45) is 0 Å². The zero-order valence-corrected chi connectivity index (χ0v) is 5.33. The van der Waals surface area contributed by atoms with E-state index in [-0.39, 0.29) is 40.6 Å². The first kappa shape index (κ1) is 6.33. The van der Waals surface area contributed by atoms with Crippen LogP contribution in [0.1, 0.15) is 2.85 Å². The van der Waals surface area contributed by atoms with Gasteiger partial charge in [-0.1, -0.05) is 5.21 Å². The number of hydrogen-bond donors (Lipinski definition) is 1. The van der Waals surface area contributed by atoms with Crippen LogP contribution in [-0.4, -0.2) is 58.4 Å². The first-order chi connectivity index (χ1) is 2.50. The van der Waals surface area contributed by atoms with Crippen LogP contribution in [0.25, 0.3) is 0 Å². The van der Waals surface area contributed by atoms with Crippen molar-refractivity contribution in [2.45, 2.75) is 0 Å². The standard InChI is InChI=1S/CH2N4.Ca.2H/c1-2-4-5-3-1;;;/h1H,(H,2,3,4,5);;;/q;+2;2*-1. The Hall–Kier alpha value is 0.330. The summed E-state index contributed by atoms with van der Waals surface area (Å²) in [5.41, 5.74) is 0. The van der Waals surface area contributed by atoms with Gasteiger partial charge in [0.15, 0.2) is 6.33 Å². The predicted molar refractivity (Wildman–Crippen MR) is 22.2 cm³/mol. The van der Waals surface area contributed by atoms with Crippen LogP contribution in [0.5, 0.6) is 0 Å². The Morgan fingerprint density at radius 1 is 1.67 bits per heavy atom. The van der Waals surface area contributed by atoms with Crippen molar-refractivity contribution in [3.05, 3.63) is 6.33 Å². The molecule has 0 aliphatic carbocycles. The fourth-order valence-corrected chi connectivity index (χ4v) is 0.129. The summed E-state index contributed by atoms with van der Waals surface area (Å²) >= 11 is 0. The molecule has 0 aliphatic rings. The maximum Gasteiger partial charge on any atom is 2.00 e. The van der Waals surface area contributed by atoms with Gasteiger partial charge in [0.1, 0.15) is 0 Å². The Labute approximate surface area is 67.3 Å². The number of aromatic nitrogens is 4. The average molecular weight is 112 g/mol. The van der Waals surface area contributed by atoms with Gasteiger partial charge in [-0.05, 0) is 0 Å². The largest absolute Gasteiger partial charge is 2.00 e. The van der Waals surface area contributed by atoms with Crippen molar-refractivity contribution in [3.63, 3.8) is 0 Å². The van der Waals surface area contributed by atoms with E-state index in [0.29, 0.717) is 0 Å². The number of nitrogens with one attached hydrogen (secondary N) is 1. The molecule has 0 fully saturated rings. The summed E-state index contributed by atoms with van der Waals surface area (Å²) in [6.45, 7) is 0. The summed E-state index contributed by atoms with van der Waals surface area (Å²) in [5.74, 6) is 0. The maximum atomic E-state index is 3.38. The van der Waals surface area contributed by atoms with Crippen molar-refractivity contribution in [1.29, 1.82) is 0 Å². The molecule has 30 valence electrons. The molecule has 5 heteroatoms. The third-order valence-electron chi connectivity index (χ3n) is 0.270. The fraction of sp³-hybridized carbons (Fsp3) is 0. The summed E-state index contributed by atoms with van der Waals surface area (Å²) in [6, 6.07) is 0. The van der Waals surface area contributed by atoms with Gasteiger partial charge in [-0.15, -0.1) is 10.2 Å². The molecule has 1 aromatic rings. The van der Waals surface area contributed by atoms with Gasteiger partial charge >= 0.3 is 37.7 Å². The summed E-state index contributed by atoms with van der Waals surface area (Å²) < 4.78 is 0. The summed E-state index contributed by atoms with van der Waals surface area (Å²) in [6.07, 6.45) is 1.33. The molecule has 0 bridgehead atoms. The van der Waals surface area contributed by atoms with E-state index in [2.05, 4.69) is 20.6 Å². The second kappa shape index (κ2) is 3.52. The van der Waals surface area contributed by atoms with Crippen molar-refractivity contribution >= 4 is 37.7 Å². The van der Waals surface area contributed by atoms with Crippen LogP contribution in [-0.2, 0) is 0 Å². The van der Waals surface area contributed by atoms with Crippen molar-refractivity contribution < 1.29 is 2.85 Å². The van der Waals surface area contributed by atoms with Gasteiger partial charge < -0.3 is 2.85 Å². The van der Waals surface area contributed by atoms with E-state index in [1.165, 1.54) is 6.33 Å². The fourth-order valence-electron chi connectivity index (χ4n) is 0.129.